The molecule has 2 atom stereocenters. The van der Waals surface area contributed by atoms with Crippen molar-refractivity contribution in [3.8, 4) is 0 Å². The van der Waals surface area contributed by atoms with Crippen LogP contribution in [0.15, 0.2) is 0 Å². The number of carbonyl (C=O) groups is 1. The zero-order valence-corrected chi connectivity index (χ0v) is 8.72. The van der Waals surface area contributed by atoms with Crippen molar-refractivity contribution in [2.45, 2.75) is 45.0 Å². The number of alkyl halides is 2. The van der Waals surface area contributed by atoms with Crippen LogP contribution in [0.1, 0.15) is 38.5 Å². The van der Waals surface area contributed by atoms with Gasteiger partial charge in [-0.2, -0.15) is 0 Å². The summed E-state index contributed by atoms with van der Waals surface area (Å²) in [5.74, 6) is 1.22. The Morgan fingerprint density at radius 2 is 1.80 bits per heavy atom. The molecule has 4 saturated carbocycles. The molecule has 0 aliphatic heterocycles. The lowest BCUT2D eigenvalue weighted by Crippen LogP contribution is -2.51. The Hall–Kier alpha value is -0.470. The van der Waals surface area contributed by atoms with Gasteiger partial charge in [0.05, 0.1) is 0 Å². The summed E-state index contributed by atoms with van der Waals surface area (Å²) in [5.41, 5.74) is -0.168. The van der Waals surface area contributed by atoms with Gasteiger partial charge < -0.3 is 0 Å². The van der Waals surface area contributed by atoms with Crippen molar-refractivity contribution in [3.63, 3.8) is 0 Å². The van der Waals surface area contributed by atoms with E-state index in [2.05, 4.69) is 0 Å². The van der Waals surface area contributed by atoms with E-state index < -0.39 is 6.43 Å². The van der Waals surface area contributed by atoms with Crippen molar-refractivity contribution < 1.29 is 13.6 Å². The van der Waals surface area contributed by atoms with Gasteiger partial charge in [0.15, 0.2) is 0 Å². The standard InChI is InChI=1S/C12H16F2O/c13-10(14)6-12-3-7-1-8(4-12)11(15)9(2-7)5-12/h7-10H,1-6H2. The topological polar surface area (TPSA) is 17.1 Å². The fourth-order valence-electron chi connectivity index (χ4n) is 4.49. The average molecular weight is 214 g/mol. The summed E-state index contributed by atoms with van der Waals surface area (Å²) in [6, 6.07) is 0. The SMILES string of the molecule is O=C1C2CC3CC1CC(CC(F)F)(C3)C2. The van der Waals surface area contributed by atoms with Gasteiger partial charge in [-0.3, -0.25) is 4.79 Å². The molecule has 0 aromatic rings. The maximum atomic E-state index is 12.6. The van der Waals surface area contributed by atoms with Gasteiger partial charge in [-0.25, -0.2) is 8.78 Å². The van der Waals surface area contributed by atoms with E-state index in [1.807, 2.05) is 0 Å². The van der Waals surface area contributed by atoms with E-state index in [1.165, 1.54) is 0 Å². The van der Waals surface area contributed by atoms with Crippen molar-refractivity contribution in [1.29, 1.82) is 0 Å². The van der Waals surface area contributed by atoms with Crippen LogP contribution in [0.25, 0.3) is 0 Å². The van der Waals surface area contributed by atoms with Crippen LogP contribution in [-0.4, -0.2) is 12.2 Å². The third kappa shape index (κ3) is 1.42. The Labute approximate surface area is 88.2 Å². The molecule has 84 valence electrons. The van der Waals surface area contributed by atoms with Gasteiger partial charge in [0.2, 0.25) is 6.43 Å². The summed E-state index contributed by atoms with van der Waals surface area (Å²) in [7, 11) is 0. The van der Waals surface area contributed by atoms with Crippen LogP contribution >= 0.6 is 0 Å². The molecule has 0 aromatic carbocycles. The van der Waals surface area contributed by atoms with Gasteiger partial charge in [0.25, 0.3) is 0 Å². The zero-order chi connectivity index (χ0) is 10.6. The molecule has 0 spiro atoms. The van der Waals surface area contributed by atoms with Gasteiger partial charge in [-0.1, -0.05) is 0 Å². The minimum Gasteiger partial charge on any atom is -0.299 e. The molecule has 0 amide bonds. The molecule has 0 saturated heterocycles. The molecule has 4 aliphatic rings. The molecular weight excluding hydrogens is 198 g/mol. The van der Waals surface area contributed by atoms with Crippen LogP contribution in [-0.2, 0) is 4.79 Å². The lowest BCUT2D eigenvalue weighted by atomic mass is 9.48. The van der Waals surface area contributed by atoms with Gasteiger partial charge >= 0.3 is 0 Å². The summed E-state index contributed by atoms with van der Waals surface area (Å²) >= 11 is 0. The first-order chi connectivity index (χ1) is 7.08. The number of hydrogen-bond donors (Lipinski definition) is 0. The predicted molar refractivity (Wildman–Crippen MR) is 51.6 cm³/mol. The molecule has 0 N–H and O–H groups in total. The van der Waals surface area contributed by atoms with Crippen LogP contribution in [0.4, 0.5) is 8.78 Å². The quantitative estimate of drug-likeness (QED) is 0.690. The van der Waals surface area contributed by atoms with Crippen molar-refractivity contribution >= 4 is 5.78 Å². The molecule has 15 heavy (non-hydrogen) atoms. The van der Waals surface area contributed by atoms with E-state index in [9.17, 15) is 13.6 Å². The molecule has 0 aromatic heterocycles. The van der Waals surface area contributed by atoms with E-state index in [0.29, 0.717) is 11.7 Å². The highest BCUT2D eigenvalue weighted by Crippen LogP contribution is 2.60. The Morgan fingerprint density at radius 1 is 1.20 bits per heavy atom. The maximum absolute atomic E-state index is 12.6. The van der Waals surface area contributed by atoms with Gasteiger partial charge in [-0.15, -0.1) is 0 Å². The molecule has 4 fully saturated rings. The molecule has 3 heteroatoms. The number of ketones is 1. The van der Waals surface area contributed by atoms with Crippen molar-refractivity contribution in [2.75, 3.05) is 0 Å². The van der Waals surface area contributed by atoms with E-state index >= 15 is 0 Å². The highest BCUT2D eigenvalue weighted by molar-refractivity contribution is 5.85. The third-order valence-electron chi connectivity index (χ3n) is 4.71. The summed E-state index contributed by atoms with van der Waals surface area (Å²) < 4.78 is 25.1. The second-order valence-electron chi connectivity index (χ2n) is 5.84. The van der Waals surface area contributed by atoms with Crippen LogP contribution in [0.2, 0.25) is 0 Å². The number of hydrogen-bond acceptors (Lipinski definition) is 1. The molecule has 2 unspecified atom stereocenters. The van der Waals surface area contributed by atoms with Gasteiger partial charge in [-0.05, 0) is 43.4 Å². The number of carbonyl (C=O) groups excluding carboxylic acids is 1. The van der Waals surface area contributed by atoms with E-state index in [-0.39, 0.29) is 23.7 Å². The Balaban J connectivity index is 1.86. The summed E-state index contributed by atoms with van der Waals surface area (Å²) in [6.07, 6.45) is 2.27. The molecular formula is C12H16F2O. The molecule has 0 radical (unpaired) electrons. The van der Waals surface area contributed by atoms with E-state index in [1.54, 1.807) is 0 Å². The average Bonchev–Trinajstić information content (AvgIpc) is 2.10. The molecule has 4 aliphatic carbocycles. The summed E-state index contributed by atoms with van der Waals surface area (Å²) in [6.45, 7) is 0. The van der Waals surface area contributed by atoms with Crippen molar-refractivity contribution in [2.24, 2.45) is 23.2 Å². The first-order valence-corrected chi connectivity index (χ1v) is 5.90. The second-order valence-corrected chi connectivity index (χ2v) is 5.84. The minimum absolute atomic E-state index is 0.0315. The minimum atomic E-state index is -2.20. The fourth-order valence-corrected chi connectivity index (χ4v) is 4.49. The monoisotopic (exact) mass is 214 g/mol. The van der Waals surface area contributed by atoms with Gasteiger partial charge in [0, 0.05) is 18.3 Å². The van der Waals surface area contributed by atoms with Crippen molar-refractivity contribution in [1.82, 2.24) is 0 Å². The van der Waals surface area contributed by atoms with Crippen LogP contribution in [0.3, 0.4) is 0 Å². The predicted octanol–water partition coefficient (Wildman–Crippen LogP) is 3.04. The van der Waals surface area contributed by atoms with E-state index in [0.717, 1.165) is 32.1 Å². The molecule has 0 heterocycles. The van der Waals surface area contributed by atoms with Gasteiger partial charge in [0.1, 0.15) is 5.78 Å². The largest absolute Gasteiger partial charge is 0.299 e. The molecule has 4 bridgehead atoms. The third-order valence-corrected chi connectivity index (χ3v) is 4.71. The fraction of sp³-hybridized carbons (Fsp3) is 0.917. The summed E-state index contributed by atoms with van der Waals surface area (Å²) in [4.78, 5) is 11.8. The normalized spacial score (nSPS) is 47.9. The maximum Gasteiger partial charge on any atom is 0.239 e. The number of Topliss-reactive ketones (excluding diaryl/α,β-unsaturated/α-hetero) is 1. The van der Waals surface area contributed by atoms with E-state index in [4.69, 9.17) is 0 Å². The second kappa shape index (κ2) is 3.02. The first-order valence-electron chi connectivity index (χ1n) is 5.90. The molecule has 4 rings (SSSR count). The lowest BCUT2D eigenvalue weighted by molar-refractivity contribution is -0.150. The highest BCUT2D eigenvalue weighted by atomic mass is 19.3. The Kier molecular flexibility index (Phi) is 1.96. The molecule has 1 nitrogen and oxygen atoms in total. The Bertz CT molecular complexity index is 278. The van der Waals surface area contributed by atoms with Crippen LogP contribution < -0.4 is 0 Å². The van der Waals surface area contributed by atoms with Crippen LogP contribution in [0.5, 0.6) is 0 Å². The summed E-state index contributed by atoms with van der Waals surface area (Å²) in [5, 5.41) is 0. The number of rotatable bonds is 2. The van der Waals surface area contributed by atoms with Crippen LogP contribution in [0, 0.1) is 23.2 Å². The number of halogens is 2. The van der Waals surface area contributed by atoms with Crippen molar-refractivity contribution in [3.05, 3.63) is 0 Å². The Morgan fingerprint density at radius 3 is 2.33 bits per heavy atom. The lowest BCUT2D eigenvalue weighted by Gasteiger charge is -2.55. The first kappa shape index (κ1) is 9.73. The smallest absolute Gasteiger partial charge is 0.239 e. The zero-order valence-electron chi connectivity index (χ0n) is 8.72. The highest BCUT2D eigenvalue weighted by Gasteiger charge is 2.55.